The molecule has 0 aliphatic rings. The molecule has 0 aliphatic carbocycles. The van der Waals surface area contributed by atoms with Gasteiger partial charge in [0.15, 0.2) is 0 Å². The van der Waals surface area contributed by atoms with E-state index in [1.807, 2.05) is 21.1 Å². The molecule has 0 radical (unpaired) electrons. The predicted octanol–water partition coefficient (Wildman–Crippen LogP) is 10.5. The summed E-state index contributed by atoms with van der Waals surface area (Å²) in [5.74, 6) is -0.365. The molecule has 8 nitrogen and oxygen atoms in total. The zero-order valence-corrected chi connectivity index (χ0v) is 33.9. The molecule has 0 bridgehead atoms. The Labute approximate surface area is 312 Å². The fraction of sp³-hybridized carbons (Fsp3) is 0.690. The van der Waals surface area contributed by atoms with Crippen LogP contribution in [0.4, 0.5) is 0 Å². The molecule has 51 heavy (non-hydrogen) atoms. The molecular weight excluding hydrogens is 661 g/mol. The van der Waals surface area contributed by atoms with E-state index in [0.29, 0.717) is 17.6 Å². The Bertz CT molecular complexity index is 1040. The molecule has 0 aromatic rings. The average Bonchev–Trinajstić information content (AvgIpc) is 3.08. The van der Waals surface area contributed by atoms with Crippen molar-refractivity contribution in [1.29, 1.82) is 0 Å². The molecule has 0 heterocycles. The number of rotatable bonds is 35. The summed E-state index contributed by atoms with van der Waals surface area (Å²) in [6, 6.07) is 0. The summed E-state index contributed by atoms with van der Waals surface area (Å²) in [6.07, 6.45) is 43.5. The summed E-state index contributed by atoms with van der Waals surface area (Å²) in [6.45, 7) is 5.10. The lowest BCUT2D eigenvalue weighted by molar-refractivity contribution is -0.870. The van der Waals surface area contributed by atoms with Crippen LogP contribution in [-0.2, 0) is 27.9 Å². The lowest BCUT2D eigenvalue weighted by Crippen LogP contribution is -2.37. The molecule has 9 heteroatoms. The maximum absolute atomic E-state index is 12.6. The first-order chi connectivity index (χ1) is 24.6. The number of allylic oxidation sites excluding steroid dienone is 12. The Morgan fingerprint density at radius 3 is 1.73 bits per heavy atom. The molecular formula is C42H74NO7P. The van der Waals surface area contributed by atoms with Crippen molar-refractivity contribution >= 4 is 13.8 Å². The Morgan fingerprint density at radius 1 is 0.627 bits per heavy atom. The highest BCUT2D eigenvalue weighted by Gasteiger charge is 2.20. The second-order valence-electron chi connectivity index (χ2n) is 13.9. The van der Waals surface area contributed by atoms with Gasteiger partial charge in [-0.3, -0.25) is 9.36 Å². The molecule has 0 N–H and O–H groups in total. The van der Waals surface area contributed by atoms with Gasteiger partial charge >= 0.3 is 5.97 Å². The van der Waals surface area contributed by atoms with E-state index in [1.54, 1.807) is 0 Å². The topological polar surface area (TPSA) is 94.1 Å². The second kappa shape index (κ2) is 35.0. The van der Waals surface area contributed by atoms with Crippen molar-refractivity contribution in [3.05, 3.63) is 72.9 Å². The molecule has 0 amide bonds. The summed E-state index contributed by atoms with van der Waals surface area (Å²) >= 11 is 0. The van der Waals surface area contributed by atoms with Crippen LogP contribution in [-0.4, -0.2) is 70.7 Å². The number of hydrogen-bond acceptors (Lipinski definition) is 7. The van der Waals surface area contributed by atoms with Gasteiger partial charge in [0.25, 0.3) is 7.82 Å². The van der Waals surface area contributed by atoms with Crippen LogP contribution in [0, 0.1) is 0 Å². The molecule has 0 saturated heterocycles. The minimum Gasteiger partial charge on any atom is -0.756 e. The first kappa shape index (κ1) is 48.9. The number of nitrogens with zero attached hydrogens (tertiary/aromatic N) is 1. The van der Waals surface area contributed by atoms with E-state index in [1.165, 1.54) is 12.8 Å². The van der Waals surface area contributed by atoms with E-state index < -0.39 is 13.9 Å². The third kappa shape index (κ3) is 39.0. The lowest BCUT2D eigenvalue weighted by Gasteiger charge is -2.28. The van der Waals surface area contributed by atoms with Gasteiger partial charge in [-0.1, -0.05) is 119 Å². The Morgan fingerprint density at radius 2 is 1.14 bits per heavy atom. The second-order valence-corrected chi connectivity index (χ2v) is 15.3. The summed E-state index contributed by atoms with van der Waals surface area (Å²) in [5.41, 5.74) is 0. The number of quaternary nitrogens is 1. The SMILES string of the molecule is CC/C=C\C/C=C\C/C=C\C/C=C\C/C=C\CCCCOCC(COP(=O)([O-])OCC[N+](C)(C)C)OC(=O)CCCCCCC/C=C\CCCC. The van der Waals surface area contributed by atoms with Gasteiger partial charge in [-0.05, 0) is 77.0 Å². The third-order valence-electron chi connectivity index (χ3n) is 7.74. The molecule has 0 saturated carbocycles. The summed E-state index contributed by atoms with van der Waals surface area (Å²) in [4.78, 5) is 24.9. The monoisotopic (exact) mass is 736 g/mol. The van der Waals surface area contributed by atoms with E-state index in [9.17, 15) is 14.3 Å². The van der Waals surface area contributed by atoms with Gasteiger partial charge in [-0.15, -0.1) is 0 Å². The predicted molar refractivity (Wildman–Crippen MR) is 212 cm³/mol. The highest BCUT2D eigenvalue weighted by molar-refractivity contribution is 7.45. The number of ether oxygens (including phenoxy) is 2. The zero-order valence-electron chi connectivity index (χ0n) is 33.0. The first-order valence-corrected chi connectivity index (χ1v) is 21.1. The highest BCUT2D eigenvalue weighted by Crippen LogP contribution is 2.38. The quantitative estimate of drug-likeness (QED) is 0.0210. The van der Waals surface area contributed by atoms with Crippen LogP contribution in [0.5, 0.6) is 0 Å². The van der Waals surface area contributed by atoms with E-state index in [-0.39, 0.29) is 32.2 Å². The van der Waals surface area contributed by atoms with Gasteiger partial charge in [0.2, 0.25) is 0 Å². The highest BCUT2D eigenvalue weighted by atomic mass is 31.2. The number of unbranched alkanes of at least 4 members (excludes halogenated alkanes) is 9. The van der Waals surface area contributed by atoms with Crippen molar-refractivity contribution in [2.75, 3.05) is 54.1 Å². The average molecular weight is 736 g/mol. The van der Waals surface area contributed by atoms with E-state index >= 15 is 0 Å². The fourth-order valence-corrected chi connectivity index (χ4v) is 5.40. The molecule has 0 aromatic heterocycles. The summed E-state index contributed by atoms with van der Waals surface area (Å²) in [5, 5.41) is 0. The van der Waals surface area contributed by atoms with Gasteiger partial charge in [-0.25, -0.2) is 0 Å². The van der Waals surface area contributed by atoms with Crippen LogP contribution in [0.3, 0.4) is 0 Å². The van der Waals surface area contributed by atoms with Gasteiger partial charge in [0, 0.05) is 13.0 Å². The fourth-order valence-electron chi connectivity index (χ4n) is 4.67. The summed E-state index contributed by atoms with van der Waals surface area (Å²) < 4.78 is 34.4. The van der Waals surface area contributed by atoms with Crippen molar-refractivity contribution in [3.8, 4) is 0 Å². The molecule has 0 rings (SSSR count). The first-order valence-electron chi connectivity index (χ1n) is 19.7. The van der Waals surface area contributed by atoms with E-state index in [2.05, 4.69) is 86.8 Å². The van der Waals surface area contributed by atoms with Gasteiger partial charge in [0.05, 0.1) is 34.4 Å². The Kier molecular flexibility index (Phi) is 33.6. The molecule has 0 aromatic carbocycles. The van der Waals surface area contributed by atoms with Crippen LogP contribution >= 0.6 is 7.82 Å². The zero-order chi connectivity index (χ0) is 37.7. The number of carbonyl (C=O) groups excluding carboxylic acids is 1. The number of likely N-dealkylation sites (N-methyl/N-ethyl adjacent to an activating group) is 1. The summed E-state index contributed by atoms with van der Waals surface area (Å²) in [7, 11) is 1.31. The van der Waals surface area contributed by atoms with E-state index in [4.69, 9.17) is 18.5 Å². The van der Waals surface area contributed by atoms with E-state index in [0.717, 1.165) is 96.3 Å². The number of hydrogen-bond donors (Lipinski definition) is 0. The van der Waals surface area contributed by atoms with Crippen LogP contribution in [0.2, 0.25) is 0 Å². The van der Waals surface area contributed by atoms with Crippen LogP contribution in [0.25, 0.3) is 0 Å². The molecule has 0 spiro atoms. The lowest BCUT2D eigenvalue weighted by atomic mass is 10.1. The number of phosphoric acid groups is 1. The van der Waals surface area contributed by atoms with Crippen LogP contribution in [0.1, 0.15) is 129 Å². The number of phosphoric ester groups is 1. The number of carbonyl (C=O) groups is 1. The normalized spacial score (nSPS) is 14.7. The van der Waals surface area contributed by atoms with Crippen LogP contribution in [0.15, 0.2) is 72.9 Å². The maximum Gasteiger partial charge on any atom is 0.306 e. The van der Waals surface area contributed by atoms with Crippen molar-refractivity contribution < 1.29 is 37.3 Å². The number of esters is 1. The maximum atomic E-state index is 12.6. The van der Waals surface area contributed by atoms with Gasteiger partial charge in [0.1, 0.15) is 19.3 Å². The van der Waals surface area contributed by atoms with Crippen LogP contribution < -0.4 is 4.89 Å². The molecule has 0 aliphatic heterocycles. The van der Waals surface area contributed by atoms with Crippen molar-refractivity contribution in [3.63, 3.8) is 0 Å². The smallest absolute Gasteiger partial charge is 0.306 e. The third-order valence-corrected chi connectivity index (χ3v) is 8.71. The van der Waals surface area contributed by atoms with Gasteiger partial charge < -0.3 is 27.9 Å². The Hall–Kier alpha value is -2.06. The molecule has 294 valence electrons. The minimum absolute atomic E-state index is 0.0122. The Balaban J connectivity index is 4.39. The van der Waals surface area contributed by atoms with Crippen molar-refractivity contribution in [2.45, 2.75) is 136 Å². The standard InChI is InChI=1S/C42H74NO7P/c1-6-8-10-12-14-16-18-19-20-21-22-23-24-26-28-30-32-34-37-47-39-41(40-49-51(45,46)48-38-36-43(3,4)5)50-42(44)35-33-31-29-27-25-17-15-13-11-9-7-2/h8,10,13-16,19-20,22-23,26,28,41H,6-7,9,11-12,17-18,21,24-25,27,29-40H2,1-5H3/b10-8-,15-13-,16-14-,20-19-,23-22-,28-26-. The van der Waals surface area contributed by atoms with Crippen molar-refractivity contribution in [2.24, 2.45) is 0 Å². The molecule has 2 unspecified atom stereocenters. The van der Waals surface area contributed by atoms with Crippen molar-refractivity contribution in [1.82, 2.24) is 0 Å². The molecule has 2 atom stereocenters. The van der Waals surface area contributed by atoms with Gasteiger partial charge in [-0.2, -0.15) is 0 Å². The molecule has 0 fully saturated rings. The largest absolute Gasteiger partial charge is 0.756 e. The minimum atomic E-state index is -4.54.